The molecule has 1 heterocycles. The van der Waals surface area contributed by atoms with Gasteiger partial charge in [-0.3, -0.25) is 19.6 Å². The van der Waals surface area contributed by atoms with Crippen LogP contribution in [0, 0.1) is 10.1 Å². The Balaban J connectivity index is 2.42. The zero-order chi connectivity index (χ0) is 19.4. The lowest BCUT2D eigenvalue weighted by Gasteiger charge is -2.08. The van der Waals surface area contributed by atoms with Gasteiger partial charge < -0.3 is 14.8 Å². The highest BCUT2D eigenvalue weighted by atomic mass is 16.6. The number of aryl methyl sites for hydroxylation is 1. The van der Waals surface area contributed by atoms with Gasteiger partial charge >= 0.3 is 17.6 Å². The lowest BCUT2D eigenvalue weighted by molar-refractivity contribution is -0.385. The van der Waals surface area contributed by atoms with E-state index in [4.69, 9.17) is 0 Å². The maximum atomic E-state index is 12.3. The number of nitro groups is 1. The van der Waals surface area contributed by atoms with E-state index in [0.29, 0.717) is 0 Å². The lowest BCUT2D eigenvalue weighted by atomic mass is 10.1. The SMILES string of the molecule is COC(=O)c1cc(NC(=O)c2nn(C)cc2[N+](=O)[O-])cc(C(=O)OC)c1. The standard InChI is InChI=1S/C15H14N4O7/c1-18-7-11(19(23)24)12(17-18)13(20)16-10-5-8(14(21)25-2)4-9(6-10)15(22)26-3/h4-7H,1-3H3,(H,16,20). The summed E-state index contributed by atoms with van der Waals surface area (Å²) >= 11 is 0. The maximum Gasteiger partial charge on any atom is 0.337 e. The number of hydrogen-bond acceptors (Lipinski definition) is 8. The molecule has 0 atom stereocenters. The number of esters is 2. The van der Waals surface area contributed by atoms with Gasteiger partial charge in [0.2, 0.25) is 5.69 Å². The topological polar surface area (TPSA) is 143 Å². The number of carbonyl (C=O) groups excluding carboxylic acids is 3. The van der Waals surface area contributed by atoms with Crippen molar-refractivity contribution in [2.24, 2.45) is 7.05 Å². The highest BCUT2D eigenvalue weighted by Crippen LogP contribution is 2.21. The Morgan fingerprint density at radius 3 is 2.12 bits per heavy atom. The number of methoxy groups -OCH3 is 2. The predicted octanol–water partition coefficient (Wildman–Crippen LogP) is 1.15. The van der Waals surface area contributed by atoms with Crippen molar-refractivity contribution in [3.8, 4) is 0 Å². The Bertz CT molecular complexity index is 869. The summed E-state index contributed by atoms with van der Waals surface area (Å²) in [7, 11) is 3.74. The lowest BCUT2D eigenvalue weighted by Crippen LogP contribution is -2.16. The summed E-state index contributed by atoms with van der Waals surface area (Å²) < 4.78 is 10.3. The summed E-state index contributed by atoms with van der Waals surface area (Å²) in [5.41, 5.74) is -0.886. The van der Waals surface area contributed by atoms with Crippen LogP contribution in [0.1, 0.15) is 31.2 Å². The van der Waals surface area contributed by atoms with Gasteiger partial charge in [-0.2, -0.15) is 5.10 Å². The van der Waals surface area contributed by atoms with Gasteiger partial charge in [0.25, 0.3) is 5.91 Å². The molecule has 0 spiro atoms. The number of rotatable bonds is 5. The van der Waals surface area contributed by atoms with Crippen molar-refractivity contribution in [2.75, 3.05) is 19.5 Å². The van der Waals surface area contributed by atoms with Crippen LogP contribution >= 0.6 is 0 Å². The first kappa shape index (κ1) is 18.6. The quantitative estimate of drug-likeness (QED) is 0.474. The largest absolute Gasteiger partial charge is 0.465 e. The number of amides is 1. The fraction of sp³-hybridized carbons (Fsp3) is 0.200. The second-order valence-corrected chi connectivity index (χ2v) is 5.03. The van der Waals surface area contributed by atoms with Gasteiger partial charge in [0.15, 0.2) is 0 Å². The van der Waals surface area contributed by atoms with E-state index in [1.807, 2.05) is 0 Å². The number of benzene rings is 1. The van der Waals surface area contributed by atoms with E-state index >= 15 is 0 Å². The smallest absolute Gasteiger partial charge is 0.337 e. The molecular weight excluding hydrogens is 348 g/mol. The van der Waals surface area contributed by atoms with Crippen molar-refractivity contribution in [2.45, 2.75) is 0 Å². The zero-order valence-corrected chi connectivity index (χ0v) is 14.0. The van der Waals surface area contributed by atoms with Gasteiger partial charge in [0.1, 0.15) is 6.20 Å². The molecule has 0 aliphatic rings. The molecule has 1 aromatic carbocycles. The fourth-order valence-electron chi connectivity index (χ4n) is 2.13. The summed E-state index contributed by atoms with van der Waals surface area (Å²) in [6.45, 7) is 0. The Labute approximate surface area is 146 Å². The molecule has 1 aromatic heterocycles. The number of nitrogens with one attached hydrogen (secondary N) is 1. The summed E-state index contributed by atoms with van der Waals surface area (Å²) in [5.74, 6) is -2.36. The second-order valence-electron chi connectivity index (χ2n) is 5.03. The first-order chi connectivity index (χ1) is 12.3. The van der Waals surface area contributed by atoms with E-state index < -0.39 is 34.2 Å². The predicted molar refractivity (Wildman–Crippen MR) is 86.9 cm³/mol. The van der Waals surface area contributed by atoms with Crippen molar-refractivity contribution in [3.63, 3.8) is 0 Å². The average Bonchev–Trinajstić information content (AvgIpc) is 3.02. The molecular formula is C15H14N4O7. The minimum atomic E-state index is -0.880. The van der Waals surface area contributed by atoms with Crippen LogP contribution < -0.4 is 5.32 Å². The summed E-state index contributed by atoms with van der Waals surface area (Å²) in [5, 5.41) is 17.1. The van der Waals surface area contributed by atoms with E-state index in [-0.39, 0.29) is 16.8 Å². The number of anilines is 1. The van der Waals surface area contributed by atoms with Gasteiger partial charge in [-0.05, 0) is 18.2 Å². The molecule has 0 saturated carbocycles. The molecule has 2 rings (SSSR count). The van der Waals surface area contributed by atoms with Crippen LogP contribution in [0.5, 0.6) is 0 Å². The molecule has 11 heteroatoms. The molecule has 0 bridgehead atoms. The van der Waals surface area contributed by atoms with E-state index in [2.05, 4.69) is 19.9 Å². The Kier molecular flexibility index (Phi) is 5.30. The average molecular weight is 362 g/mol. The van der Waals surface area contributed by atoms with E-state index in [9.17, 15) is 24.5 Å². The third-order valence-corrected chi connectivity index (χ3v) is 3.25. The number of nitrogens with zero attached hydrogens (tertiary/aromatic N) is 3. The first-order valence-corrected chi connectivity index (χ1v) is 7.08. The Morgan fingerprint density at radius 2 is 1.65 bits per heavy atom. The number of ether oxygens (including phenoxy) is 2. The minimum absolute atomic E-state index is 0.0128. The van der Waals surface area contributed by atoms with Crippen molar-refractivity contribution < 1.29 is 28.8 Å². The molecule has 1 N–H and O–H groups in total. The molecule has 0 unspecified atom stereocenters. The first-order valence-electron chi connectivity index (χ1n) is 7.08. The van der Waals surface area contributed by atoms with Crippen molar-refractivity contribution in [1.29, 1.82) is 0 Å². The fourth-order valence-corrected chi connectivity index (χ4v) is 2.13. The van der Waals surface area contributed by atoms with Gasteiger partial charge in [0.05, 0.1) is 30.3 Å². The monoisotopic (exact) mass is 362 g/mol. The second kappa shape index (κ2) is 7.42. The molecule has 2 aromatic rings. The Hall–Kier alpha value is -3.76. The van der Waals surface area contributed by atoms with Crippen molar-refractivity contribution in [3.05, 3.63) is 51.3 Å². The van der Waals surface area contributed by atoms with E-state index in [0.717, 1.165) is 25.1 Å². The van der Waals surface area contributed by atoms with Crippen molar-refractivity contribution in [1.82, 2.24) is 9.78 Å². The molecule has 0 aliphatic heterocycles. The van der Waals surface area contributed by atoms with Gasteiger partial charge in [-0.25, -0.2) is 9.59 Å². The van der Waals surface area contributed by atoms with Crippen molar-refractivity contribution >= 4 is 29.2 Å². The minimum Gasteiger partial charge on any atom is -0.465 e. The highest BCUT2D eigenvalue weighted by molar-refractivity contribution is 6.07. The van der Waals surface area contributed by atoms with Gasteiger partial charge in [-0.1, -0.05) is 0 Å². The molecule has 136 valence electrons. The molecule has 1 amide bonds. The zero-order valence-electron chi connectivity index (χ0n) is 14.0. The number of aromatic nitrogens is 2. The highest BCUT2D eigenvalue weighted by Gasteiger charge is 2.25. The summed E-state index contributed by atoms with van der Waals surface area (Å²) in [6, 6.07) is 3.74. The van der Waals surface area contributed by atoms with Gasteiger partial charge in [-0.15, -0.1) is 0 Å². The molecule has 0 saturated heterocycles. The van der Waals surface area contributed by atoms with Crippen LogP contribution in [0.4, 0.5) is 11.4 Å². The van der Waals surface area contributed by atoms with Crippen LogP contribution in [0.3, 0.4) is 0 Å². The third-order valence-electron chi connectivity index (χ3n) is 3.25. The van der Waals surface area contributed by atoms with Crippen LogP contribution in [-0.4, -0.2) is 46.8 Å². The van der Waals surface area contributed by atoms with E-state index in [1.54, 1.807) is 0 Å². The van der Waals surface area contributed by atoms with Crippen LogP contribution in [0.2, 0.25) is 0 Å². The summed E-state index contributed by atoms with van der Waals surface area (Å²) in [4.78, 5) is 46.1. The molecule has 0 fully saturated rings. The molecule has 0 aliphatic carbocycles. The Morgan fingerprint density at radius 1 is 1.12 bits per heavy atom. The number of hydrogen-bond donors (Lipinski definition) is 1. The molecule has 0 radical (unpaired) electrons. The molecule has 26 heavy (non-hydrogen) atoms. The van der Waals surface area contributed by atoms with Crippen LogP contribution in [-0.2, 0) is 16.5 Å². The van der Waals surface area contributed by atoms with E-state index in [1.165, 1.54) is 25.2 Å². The van der Waals surface area contributed by atoms with Crippen LogP contribution in [0.25, 0.3) is 0 Å². The molecule has 11 nitrogen and oxygen atoms in total. The van der Waals surface area contributed by atoms with Gasteiger partial charge in [0, 0.05) is 12.7 Å². The van der Waals surface area contributed by atoms with Crippen LogP contribution in [0.15, 0.2) is 24.4 Å². The number of carbonyl (C=O) groups is 3. The maximum absolute atomic E-state index is 12.3. The normalized spacial score (nSPS) is 10.1. The third kappa shape index (κ3) is 3.83. The summed E-state index contributed by atoms with van der Waals surface area (Å²) in [6.07, 6.45) is 1.08.